The molecule has 10 nitrogen and oxygen atoms in total. The van der Waals surface area contributed by atoms with Crippen LogP contribution in [0, 0.1) is 13.8 Å². The number of nitrogens with one attached hydrogen (secondary N) is 1. The molecule has 1 fully saturated rings. The molecule has 0 spiro atoms. The molecule has 4 aromatic rings. The average molecular weight is 415 g/mol. The van der Waals surface area contributed by atoms with Crippen molar-refractivity contribution >= 4 is 18.1 Å². The molecule has 5 rings (SSSR count). The quantitative estimate of drug-likeness (QED) is 0.525. The predicted molar refractivity (Wildman–Crippen MR) is 109 cm³/mol. The van der Waals surface area contributed by atoms with Gasteiger partial charge in [0.15, 0.2) is 23.1 Å². The number of halogens is 1. The summed E-state index contributed by atoms with van der Waals surface area (Å²) in [6, 6.07) is 4.08. The van der Waals surface area contributed by atoms with E-state index < -0.39 is 0 Å². The Morgan fingerprint density at radius 3 is 2.59 bits per heavy atom. The van der Waals surface area contributed by atoms with Crippen molar-refractivity contribution in [2.45, 2.75) is 51.5 Å². The summed E-state index contributed by atoms with van der Waals surface area (Å²) < 4.78 is 3.57. The first-order valence-corrected chi connectivity index (χ1v) is 9.52. The monoisotopic (exact) mass is 414 g/mol. The van der Waals surface area contributed by atoms with Gasteiger partial charge in [-0.05, 0) is 51.7 Å². The van der Waals surface area contributed by atoms with Crippen LogP contribution in [0.1, 0.15) is 48.9 Å². The van der Waals surface area contributed by atoms with Crippen LogP contribution in [0.5, 0.6) is 0 Å². The van der Waals surface area contributed by atoms with Gasteiger partial charge in [-0.2, -0.15) is 14.3 Å². The van der Waals surface area contributed by atoms with E-state index in [1.165, 1.54) is 0 Å². The summed E-state index contributed by atoms with van der Waals surface area (Å²) in [5.74, 6) is 3.29. The summed E-state index contributed by atoms with van der Waals surface area (Å²) in [5, 5.41) is 24.8. The van der Waals surface area contributed by atoms with Crippen LogP contribution in [0.4, 0.5) is 0 Å². The predicted octanol–water partition coefficient (Wildman–Crippen LogP) is 2.12. The van der Waals surface area contributed by atoms with Crippen molar-refractivity contribution < 1.29 is 0 Å². The van der Waals surface area contributed by atoms with Gasteiger partial charge in [0.1, 0.15) is 5.82 Å². The maximum atomic E-state index is 6.11. The Kier molecular flexibility index (Phi) is 5.05. The third-order valence-corrected chi connectivity index (χ3v) is 5.46. The fourth-order valence-electron chi connectivity index (χ4n) is 3.82. The molecular weight excluding hydrogens is 392 g/mol. The van der Waals surface area contributed by atoms with E-state index in [1.807, 2.05) is 30.7 Å². The molecule has 0 unspecified atom stereocenters. The average Bonchev–Trinajstić information content (AvgIpc) is 3.41. The van der Waals surface area contributed by atoms with E-state index in [-0.39, 0.29) is 18.4 Å². The number of nitrogens with zero attached hydrogens (tertiary/aromatic N) is 8. The number of aromatic nitrogens is 9. The smallest absolute Gasteiger partial charge is 0.185 e. The molecule has 1 saturated carbocycles. The highest BCUT2D eigenvalue weighted by Gasteiger charge is 2.27. The van der Waals surface area contributed by atoms with Gasteiger partial charge < -0.3 is 5.73 Å². The number of hydrogen-bond acceptors (Lipinski definition) is 7. The zero-order valence-electron chi connectivity index (χ0n) is 16.3. The SMILES string of the molecule is Cc1[nH]ncc1-c1nc(C2CCC(N)CC2)n(-c2ccc3nnc(C)n3n2)n1.Cl. The molecule has 0 amide bonds. The maximum absolute atomic E-state index is 6.11. The van der Waals surface area contributed by atoms with Crippen molar-refractivity contribution in [1.29, 1.82) is 0 Å². The lowest BCUT2D eigenvalue weighted by atomic mass is 9.86. The summed E-state index contributed by atoms with van der Waals surface area (Å²) in [5.41, 5.74) is 8.65. The number of hydrogen-bond donors (Lipinski definition) is 2. The summed E-state index contributed by atoms with van der Waals surface area (Å²) in [4.78, 5) is 4.90. The number of H-pyrrole nitrogens is 1. The number of aryl methyl sites for hydroxylation is 2. The van der Waals surface area contributed by atoms with E-state index in [9.17, 15) is 0 Å². The Bertz CT molecular complexity index is 1130. The number of nitrogens with two attached hydrogens (primary N) is 1. The molecule has 11 heteroatoms. The van der Waals surface area contributed by atoms with Crippen LogP contribution in [-0.4, -0.2) is 50.8 Å². The highest BCUT2D eigenvalue weighted by Crippen LogP contribution is 2.33. The topological polar surface area (TPSA) is 128 Å². The van der Waals surface area contributed by atoms with Gasteiger partial charge in [0, 0.05) is 17.7 Å². The molecule has 1 aliphatic rings. The van der Waals surface area contributed by atoms with E-state index in [4.69, 9.17) is 20.9 Å². The van der Waals surface area contributed by atoms with Crippen molar-refractivity contribution in [1.82, 2.24) is 44.8 Å². The fourth-order valence-corrected chi connectivity index (χ4v) is 3.82. The first-order chi connectivity index (χ1) is 13.6. The van der Waals surface area contributed by atoms with Gasteiger partial charge in [-0.1, -0.05) is 0 Å². The number of fused-ring (bicyclic) bond motifs is 1. The van der Waals surface area contributed by atoms with Gasteiger partial charge in [-0.15, -0.1) is 32.8 Å². The minimum Gasteiger partial charge on any atom is -0.328 e. The lowest BCUT2D eigenvalue weighted by Crippen LogP contribution is -2.27. The van der Waals surface area contributed by atoms with E-state index in [0.717, 1.165) is 48.6 Å². The Hall–Kier alpha value is -2.85. The summed E-state index contributed by atoms with van der Waals surface area (Å²) >= 11 is 0. The van der Waals surface area contributed by atoms with Crippen molar-refractivity contribution in [2.75, 3.05) is 0 Å². The third-order valence-electron chi connectivity index (χ3n) is 5.46. The van der Waals surface area contributed by atoms with Gasteiger partial charge in [-0.25, -0.2) is 4.98 Å². The van der Waals surface area contributed by atoms with Crippen LogP contribution in [0.15, 0.2) is 18.3 Å². The molecule has 29 heavy (non-hydrogen) atoms. The molecule has 0 aliphatic heterocycles. The van der Waals surface area contributed by atoms with E-state index >= 15 is 0 Å². The normalized spacial score (nSPS) is 19.4. The molecule has 3 N–H and O–H groups in total. The van der Waals surface area contributed by atoms with Gasteiger partial charge in [0.25, 0.3) is 0 Å². The largest absolute Gasteiger partial charge is 0.328 e. The van der Waals surface area contributed by atoms with Crippen LogP contribution >= 0.6 is 12.4 Å². The molecule has 4 heterocycles. The molecule has 0 radical (unpaired) electrons. The Labute approximate surface area is 173 Å². The second-order valence-corrected chi connectivity index (χ2v) is 7.43. The zero-order valence-corrected chi connectivity index (χ0v) is 17.1. The van der Waals surface area contributed by atoms with Crippen molar-refractivity contribution in [2.24, 2.45) is 5.73 Å². The summed E-state index contributed by atoms with van der Waals surface area (Å²) in [6.07, 6.45) is 5.74. The maximum Gasteiger partial charge on any atom is 0.185 e. The molecule has 4 aromatic heterocycles. The third kappa shape index (κ3) is 3.38. The molecular formula is C18H23ClN10. The standard InChI is InChI=1S/C18H22N10.ClH/c1-10-14(9-20-22-10)17-21-18(12-3-5-13(19)6-4-12)28(26-17)16-8-7-15-24-23-11(2)27(15)25-16;/h7-9,12-13H,3-6,19H2,1-2H3,(H,20,22);1H. The van der Waals surface area contributed by atoms with Crippen LogP contribution < -0.4 is 5.73 Å². The molecule has 0 bridgehead atoms. The van der Waals surface area contributed by atoms with Crippen LogP contribution in [0.3, 0.4) is 0 Å². The van der Waals surface area contributed by atoms with Crippen molar-refractivity contribution in [3.8, 4) is 17.2 Å². The van der Waals surface area contributed by atoms with Crippen molar-refractivity contribution in [3.05, 3.63) is 35.7 Å². The highest BCUT2D eigenvalue weighted by atomic mass is 35.5. The fraction of sp³-hybridized carbons (Fsp3) is 0.444. The Morgan fingerprint density at radius 1 is 1.07 bits per heavy atom. The Balaban J connectivity index is 0.00000205. The molecule has 0 saturated heterocycles. The minimum absolute atomic E-state index is 0. The first kappa shape index (κ1) is 19.5. The number of rotatable bonds is 3. The molecule has 0 atom stereocenters. The Morgan fingerprint density at radius 2 is 1.86 bits per heavy atom. The van der Waals surface area contributed by atoms with E-state index in [2.05, 4.69) is 20.4 Å². The van der Waals surface area contributed by atoms with Crippen molar-refractivity contribution in [3.63, 3.8) is 0 Å². The molecule has 1 aliphatic carbocycles. The van der Waals surface area contributed by atoms with Gasteiger partial charge in [-0.3, -0.25) is 5.10 Å². The van der Waals surface area contributed by atoms with Crippen LogP contribution in [0.25, 0.3) is 22.9 Å². The summed E-state index contributed by atoms with van der Waals surface area (Å²) in [7, 11) is 0. The minimum atomic E-state index is 0. The van der Waals surface area contributed by atoms with E-state index in [0.29, 0.717) is 23.2 Å². The summed E-state index contributed by atoms with van der Waals surface area (Å²) in [6.45, 7) is 3.84. The molecule has 0 aromatic carbocycles. The lowest BCUT2D eigenvalue weighted by Gasteiger charge is -2.25. The van der Waals surface area contributed by atoms with Crippen LogP contribution in [-0.2, 0) is 0 Å². The van der Waals surface area contributed by atoms with Crippen LogP contribution in [0.2, 0.25) is 0 Å². The zero-order chi connectivity index (χ0) is 19.3. The second-order valence-electron chi connectivity index (χ2n) is 7.43. The van der Waals surface area contributed by atoms with Gasteiger partial charge >= 0.3 is 0 Å². The first-order valence-electron chi connectivity index (χ1n) is 9.52. The highest BCUT2D eigenvalue weighted by molar-refractivity contribution is 5.85. The number of aromatic amines is 1. The van der Waals surface area contributed by atoms with Gasteiger partial charge in [0.2, 0.25) is 0 Å². The van der Waals surface area contributed by atoms with E-state index in [1.54, 1.807) is 10.7 Å². The molecule has 152 valence electrons. The second kappa shape index (κ2) is 7.53. The van der Waals surface area contributed by atoms with Gasteiger partial charge in [0.05, 0.1) is 11.8 Å². The lowest BCUT2D eigenvalue weighted by molar-refractivity contribution is 0.380.